The summed E-state index contributed by atoms with van der Waals surface area (Å²) in [4.78, 5) is 0. The third-order valence-electron chi connectivity index (χ3n) is 3.57. The van der Waals surface area contributed by atoms with Crippen LogP contribution in [0.25, 0.3) is 0 Å². The van der Waals surface area contributed by atoms with Gasteiger partial charge in [-0.15, -0.1) is 0 Å². The van der Waals surface area contributed by atoms with Crippen molar-refractivity contribution in [1.29, 1.82) is 0 Å². The summed E-state index contributed by atoms with van der Waals surface area (Å²) in [6.45, 7) is 1.49. The van der Waals surface area contributed by atoms with Crippen LogP contribution in [0.3, 0.4) is 0 Å². The number of benzene rings is 3. The van der Waals surface area contributed by atoms with Crippen molar-refractivity contribution in [2.75, 3.05) is 18.9 Å². The van der Waals surface area contributed by atoms with Crippen LogP contribution in [-0.4, -0.2) is 13.2 Å². The Kier molecular flexibility index (Phi) is 5.77. The van der Waals surface area contributed by atoms with Crippen LogP contribution >= 0.6 is 0 Å². The first-order valence-corrected chi connectivity index (χ1v) is 8.17. The average molecular weight is 335 g/mol. The molecule has 4 heteroatoms. The lowest BCUT2D eigenvalue weighted by molar-refractivity contribution is 0.217. The summed E-state index contributed by atoms with van der Waals surface area (Å²) in [5.41, 5.74) is 7.50. The van der Waals surface area contributed by atoms with E-state index in [0.717, 1.165) is 28.5 Å². The summed E-state index contributed by atoms with van der Waals surface area (Å²) >= 11 is 0. The van der Waals surface area contributed by atoms with Crippen molar-refractivity contribution in [3.63, 3.8) is 0 Å². The van der Waals surface area contributed by atoms with Crippen molar-refractivity contribution in [3.05, 3.63) is 84.4 Å². The van der Waals surface area contributed by atoms with Crippen molar-refractivity contribution >= 4 is 5.69 Å². The first-order chi connectivity index (χ1) is 12.3. The molecule has 0 amide bonds. The molecule has 0 unspecified atom stereocenters. The fourth-order valence-electron chi connectivity index (χ4n) is 2.26. The van der Waals surface area contributed by atoms with E-state index in [-0.39, 0.29) is 0 Å². The van der Waals surface area contributed by atoms with Crippen molar-refractivity contribution in [2.45, 2.75) is 6.61 Å². The van der Waals surface area contributed by atoms with Crippen LogP contribution in [0.4, 0.5) is 5.69 Å². The van der Waals surface area contributed by atoms with Gasteiger partial charge in [0.25, 0.3) is 0 Å². The molecule has 0 aliphatic rings. The summed E-state index contributed by atoms with van der Waals surface area (Å²) in [5, 5.41) is 0. The second-order valence-corrected chi connectivity index (χ2v) is 5.51. The first-order valence-electron chi connectivity index (χ1n) is 8.17. The third kappa shape index (κ3) is 5.46. The molecule has 0 radical (unpaired) electrons. The molecule has 3 rings (SSSR count). The Morgan fingerprint density at radius 1 is 0.560 bits per heavy atom. The lowest BCUT2D eigenvalue weighted by atomic mass is 10.2. The van der Waals surface area contributed by atoms with Gasteiger partial charge in [-0.1, -0.05) is 30.3 Å². The van der Waals surface area contributed by atoms with Crippen LogP contribution in [0.5, 0.6) is 17.2 Å². The summed E-state index contributed by atoms with van der Waals surface area (Å²) in [6, 6.07) is 25.0. The van der Waals surface area contributed by atoms with Gasteiger partial charge >= 0.3 is 0 Å². The molecule has 0 fully saturated rings. The highest BCUT2D eigenvalue weighted by Gasteiger charge is 1.99. The van der Waals surface area contributed by atoms with Gasteiger partial charge < -0.3 is 19.9 Å². The number of anilines is 1. The zero-order valence-corrected chi connectivity index (χ0v) is 13.9. The predicted octanol–water partition coefficient (Wildman–Crippen LogP) is 4.31. The maximum absolute atomic E-state index is 5.75. The Hall–Kier alpha value is -3.14. The van der Waals surface area contributed by atoms with Crippen LogP contribution in [0.2, 0.25) is 0 Å². The molecule has 25 heavy (non-hydrogen) atoms. The average Bonchev–Trinajstić information content (AvgIpc) is 2.67. The molecule has 0 atom stereocenters. The second kappa shape index (κ2) is 8.64. The van der Waals surface area contributed by atoms with E-state index >= 15 is 0 Å². The van der Waals surface area contributed by atoms with Crippen LogP contribution in [0.1, 0.15) is 5.56 Å². The van der Waals surface area contributed by atoms with E-state index in [9.17, 15) is 0 Å². The highest BCUT2D eigenvalue weighted by molar-refractivity contribution is 5.41. The van der Waals surface area contributed by atoms with Crippen molar-refractivity contribution in [1.82, 2.24) is 0 Å². The number of hydrogen-bond donors (Lipinski definition) is 1. The van der Waals surface area contributed by atoms with Crippen molar-refractivity contribution in [3.8, 4) is 17.2 Å². The summed E-state index contributed by atoms with van der Waals surface area (Å²) in [6.07, 6.45) is 0. The number of ether oxygens (including phenoxy) is 3. The van der Waals surface area contributed by atoms with Gasteiger partial charge in [-0.25, -0.2) is 0 Å². The van der Waals surface area contributed by atoms with Gasteiger partial charge in [0, 0.05) is 5.69 Å². The molecule has 0 saturated carbocycles. The molecule has 4 nitrogen and oxygen atoms in total. The van der Waals surface area contributed by atoms with E-state index in [1.54, 1.807) is 0 Å². The topological polar surface area (TPSA) is 53.7 Å². The molecule has 0 aliphatic heterocycles. The van der Waals surface area contributed by atoms with Gasteiger partial charge in [0.05, 0.1) is 0 Å². The highest BCUT2D eigenvalue weighted by Crippen LogP contribution is 2.19. The third-order valence-corrected chi connectivity index (χ3v) is 3.57. The lowest BCUT2D eigenvalue weighted by Crippen LogP contribution is -2.08. The minimum absolute atomic E-state index is 0.467. The molecule has 0 heterocycles. The smallest absolute Gasteiger partial charge is 0.122 e. The summed E-state index contributed by atoms with van der Waals surface area (Å²) < 4.78 is 17.0. The molecule has 0 aliphatic carbocycles. The maximum atomic E-state index is 5.75. The lowest BCUT2D eigenvalue weighted by Gasteiger charge is -2.10. The minimum Gasteiger partial charge on any atom is -0.490 e. The van der Waals surface area contributed by atoms with E-state index in [2.05, 4.69) is 0 Å². The molecule has 0 bridgehead atoms. The summed E-state index contributed by atoms with van der Waals surface area (Å²) in [5.74, 6) is 2.38. The van der Waals surface area contributed by atoms with Crippen molar-refractivity contribution in [2.24, 2.45) is 0 Å². The molecule has 128 valence electrons. The van der Waals surface area contributed by atoms with E-state index in [1.807, 2.05) is 78.9 Å². The van der Waals surface area contributed by atoms with Gasteiger partial charge in [0.15, 0.2) is 0 Å². The highest BCUT2D eigenvalue weighted by atomic mass is 16.5. The minimum atomic E-state index is 0.467. The molecule has 0 spiro atoms. The Morgan fingerprint density at radius 3 is 1.60 bits per heavy atom. The van der Waals surface area contributed by atoms with Crippen molar-refractivity contribution < 1.29 is 14.2 Å². The van der Waals surface area contributed by atoms with Crippen LogP contribution in [0.15, 0.2) is 78.9 Å². The van der Waals surface area contributed by atoms with Crippen LogP contribution in [0, 0.1) is 0 Å². The maximum Gasteiger partial charge on any atom is 0.122 e. The van der Waals surface area contributed by atoms with Gasteiger partial charge in [-0.2, -0.15) is 0 Å². The molecular formula is C21H21NO3. The Balaban J connectivity index is 1.39. The van der Waals surface area contributed by atoms with E-state index < -0.39 is 0 Å². The molecule has 2 N–H and O–H groups in total. The number of hydrogen-bond acceptors (Lipinski definition) is 4. The largest absolute Gasteiger partial charge is 0.490 e. The molecule has 0 aromatic heterocycles. The monoisotopic (exact) mass is 335 g/mol. The number of nitrogen functional groups attached to an aromatic ring is 1. The number of rotatable bonds is 8. The van der Waals surface area contributed by atoms with Gasteiger partial charge in [0.2, 0.25) is 0 Å². The van der Waals surface area contributed by atoms with Crippen LogP contribution < -0.4 is 19.9 Å². The standard InChI is InChI=1S/C21H21NO3/c22-18-6-8-19(9-7-18)23-14-15-24-20-10-12-21(13-11-20)25-16-17-4-2-1-3-5-17/h1-13H,14-16,22H2. The molecule has 3 aromatic carbocycles. The predicted molar refractivity (Wildman–Crippen MR) is 99.1 cm³/mol. The quantitative estimate of drug-likeness (QED) is 0.492. The van der Waals surface area contributed by atoms with Gasteiger partial charge in [-0.3, -0.25) is 0 Å². The zero-order valence-electron chi connectivity index (χ0n) is 13.9. The molecule has 3 aromatic rings. The van der Waals surface area contributed by atoms with E-state index in [0.29, 0.717) is 19.8 Å². The Labute approximate surface area is 147 Å². The Bertz CT molecular complexity index is 755. The second-order valence-electron chi connectivity index (χ2n) is 5.51. The number of nitrogens with two attached hydrogens (primary N) is 1. The van der Waals surface area contributed by atoms with Crippen LogP contribution in [-0.2, 0) is 6.61 Å². The first kappa shape index (κ1) is 16.7. The molecule has 0 saturated heterocycles. The molecular weight excluding hydrogens is 314 g/mol. The summed E-state index contributed by atoms with van der Waals surface area (Å²) in [7, 11) is 0. The fraction of sp³-hybridized carbons (Fsp3) is 0.143. The van der Waals surface area contributed by atoms with Gasteiger partial charge in [-0.05, 0) is 54.1 Å². The van der Waals surface area contributed by atoms with Gasteiger partial charge in [0.1, 0.15) is 37.1 Å². The fourth-order valence-corrected chi connectivity index (χ4v) is 2.26. The van der Waals surface area contributed by atoms with E-state index in [1.165, 1.54) is 0 Å². The SMILES string of the molecule is Nc1ccc(OCCOc2ccc(OCc3ccccc3)cc2)cc1. The normalized spacial score (nSPS) is 10.2. The zero-order chi connectivity index (χ0) is 17.3. The van der Waals surface area contributed by atoms with E-state index in [4.69, 9.17) is 19.9 Å². The Morgan fingerprint density at radius 2 is 1.04 bits per heavy atom.